The van der Waals surface area contributed by atoms with Gasteiger partial charge in [-0.15, -0.1) is 0 Å². The topological polar surface area (TPSA) is 47.6 Å². The molecule has 0 heterocycles. The first-order chi connectivity index (χ1) is 7.40. The van der Waals surface area contributed by atoms with Gasteiger partial charge in [0, 0.05) is 11.8 Å². The van der Waals surface area contributed by atoms with Crippen molar-refractivity contribution in [3.8, 4) is 5.75 Å². The SMILES string of the molecule is [CH2]OC(=O)Nc1cccc(OC(C)(C)C)c1. The van der Waals surface area contributed by atoms with E-state index in [1.807, 2.05) is 26.8 Å². The van der Waals surface area contributed by atoms with Gasteiger partial charge in [0.1, 0.15) is 18.5 Å². The molecule has 1 rings (SSSR count). The minimum absolute atomic E-state index is 0.272. The number of anilines is 1. The number of hydrogen-bond donors (Lipinski definition) is 1. The van der Waals surface area contributed by atoms with Crippen LogP contribution < -0.4 is 10.1 Å². The second kappa shape index (κ2) is 4.88. The summed E-state index contributed by atoms with van der Waals surface area (Å²) in [6.07, 6.45) is -0.604. The molecule has 0 aliphatic carbocycles. The second-order valence-electron chi connectivity index (χ2n) is 4.30. The van der Waals surface area contributed by atoms with E-state index >= 15 is 0 Å². The number of benzene rings is 1. The van der Waals surface area contributed by atoms with Crippen LogP contribution in [0.5, 0.6) is 5.75 Å². The smallest absolute Gasteiger partial charge is 0.411 e. The molecule has 0 fully saturated rings. The van der Waals surface area contributed by atoms with E-state index in [1.54, 1.807) is 18.2 Å². The molecule has 1 amide bonds. The van der Waals surface area contributed by atoms with Gasteiger partial charge in [-0.1, -0.05) is 6.07 Å². The van der Waals surface area contributed by atoms with Crippen LogP contribution in [0.3, 0.4) is 0 Å². The fraction of sp³-hybridized carbons (Fsp3) is 0.333. The maximum atomic E-state index is 10.9. The van der Waals surface area contributed by atoms with Crippen LogP contribution in [0.1, 0.15) is 20.8 Å². The van der Waals surface area contributed by atoms with Gasteiger partial charge in [-0.2, -0.15) is 0 Å². The summed E-state index contributed by atoms with van der Waals surface area (Å²) in [5.41, 5.74) is 0.334. The molecule has 1 N–H and O–H groups in total. The highest BCUT2D eigenvalue weighted by atomic mass is 16.5. The fourth-order valence-electron chi connectivity index (χ4n) is 1.14. The lowest BCUT2D eigenvalue weighted by atomic mass is 10.2. The van der Waals surface area contributed by atoms with Crippen LogP contribution in [0.15, 0.2) is 24.3 Å². The zero-order valence-corrected chi connectivity index (χ0v) is 9.74. The van der Waals surface area contributed by atoms with Gasteiger partial charge < -0.3 is 9.47 Å². The predicted octanol–water partition coefficient (Wildman–Crippen LogP) is 3.20. The number of carbonyl (C=O) groups is 1. The third kappa shape index (κ3) is 4.21. The summed E-state index contributed by atoms with van der Waals surface area (Å²) in [6.45, 7) is 5.87. The maximum Gasteiger partial charge on any atom is 0.411 e. The lowest BCUT2D eigenvalue weighted by molar-refractivity contribution is 0.131. The van der Waals surface area contributed by atoms with Gasteiger partial charge in [0.25, 0.3) is 0 Å². The molecule has 0 aliphatic rings. The molecule has 1 radical (unpaired) electrons. The second-order valence-corrected chi connectivity index (χ2v) is 4.30. The van der Waals surface area contributed by atoms with Crippen molar-refractivity contribution in [2.24, 2.45) is 0 Å². The van der Waals surface area contributed by atoms with Crippen molar-refractivity contribution in [3.63, 3.8) is 0 Å². The molecule has 0 spiro atoms. The molecule has 4 heteroatoms. The zero-order chi connectivity index (χ0) is 12.2. The van der Waals surface area contributed by atoms with Crippen molar-refractivity contribution < 1.29 is 14.3 Å². The Morgan fingerprint density at radius 1 is 1.38 bits per heavy atom. The van der Waals surface area contributed by atoms with E-state index in [2.05, 4.69) is 17.2 Å². The maximum absolute atomic E-state index is 10.9. The van der Waals surface area contributed by atoms with E-state index in [0.717, 1.165) is 0 Å². The van der Waals surface area contributed by atoms with Gasteiger partial charge in [0.2, 0.25) is 0 Å². The normalized spacial score (nSPS) is 10.8. The number of carbonyl (C=O) groups excluding carboxylic acids is 1. The molecule has 0 aromatic heterocycles. The molecule has 87 valence electrons. The van der Waals surface area contributed by atoms with Crippen molar-refractivity contribution in [2.75, 3.05) is 5.32 Å². The summed E-state index contributed by atoms with van der Waals surface area (Å²) >= 11 is 0. The predicted molar refractivity (Wildman–Crippen MR) is 62.3 cm³/mol. The Morgan fingerprint density at radius 2 is 2.06 bits per heavy atom. The van der Waals surface area contributed by atoms with Crippen LogP contribution in [0.2, 0.25) is 0 Å². The molecule has 4 nitrogen and oxygen atoms in total. The van der Waals surface area contributed by atoms with Gasteiger partial charge >= 0.3 is 6.09 Å². The highest BCUT2D eigenvalue weighted by Gasteiger charge is 2.12. The quantitative estimate of drug-likeness (QED) is 0.835. The van der Waals surface area contributed by atoms with Crippen molar-refractivity contribution in [2.45, 2.75) is 26.4 Å². The van der Waals surface area contributed by atoms with E-state index in [-0.39, 0.29) is 5.60 Å². The van der Waals surface area contributed by atoms with Gasteiger partial charge in [-0.05, 0) is 32.9 Å². The molecular formula is C12H16NO3. The van der Waals surface area contributed by atoms with E-state index in [9.17, 15) is 4.79 Å². The summed E-state index contributed by atoms with van der Waals surface area (Å²) < 4.78 is 9.90. The van der Waals surface area contributed by atoms with Crippen LogP contribution in [0.4, 0.5) is 10.5 Å². The third-order valence-electron chi connectivity index (χ3n) is 1.64. The summed E-state index contributed by atoms with van der Waals surface area (Å²) in [5.74, 6) is 0.689. The summed E-state index contributed by atoms with van der Waals surface area (Å²) in [4.78, 5) is 10.9. The minimum atomic E-state index is -0.604. The van der Waals surface area contributed by atoms with Crippen LogP contribution in [-0.4, -0.2) is 11.7 Å². The summed E-state index contributed by atoms with van der Waals surface area (Å²) in [7, 11) is 3.02. The number of ether oxygens (including phenoxy) is 2. The Morgan fingerprint density at radius 3 is 2.62 bits per heavy atom. The van der Waals surface area contributed by atoms with E-state index in [0.29, 0.717) is 11.4 Å². The molecule has 1 aromatic carbocycles. The number of rotatable bonds is 2. The fourth-order valence-corrected chi connectivity index (χ4v) is 1.14. The van der Waals surface area contributed by atoms with E-state index in [1.165, 1.54) is 0 Å². The average Bonchev–Trinajstić information content (AvgIpc) is 2.15. The van der Waals surface area contributed by atoms with Crippen molar-refractivity contribution in [1.29, 1.82) is 0 Å². The van der Waals surface area contributed by atoms with Gasteiger partial charge in [0.05, 0.1) is 0 Å². The van der Waals surface area contributed by atoms with Crippen LogP contribution in [0, 0.1) is 7.11 Å². The average molecular weight is 222 g/mol. The Hall–Kier alpha value is -1.71. The first-order valence-electron chi connectivity index (χ1n) is 4.93. The first-order valence-corrected chi connectivity index (χ1v) is 4.93. The molecule has 0 bridgehead atoms. The zero-order valence-electron chi connectivity index (χ0n) is 9.74. The third-order valence-corrected chi connectivity index (χ3v) is 1.64. The van der Waals surface area contributed by atoms with E-state index in [4.69, 9.17) is 4.74 Å². The van der Waals surface area contributed by atoms with Crippen LogP contribution in [0.25, 0.3) is 0 Å². The number of amides is 1. The monoisotopic (exact) mass is 222 g/mol. The van der Waals surface area contributed by atoms with Crippen molar-refractivity contribution in [1.82, 2.24) is 0 Å². The lowest BCUT2D eigenvalue weighted by Gasteiger charge is -2.21. The summed E-state index contributed by atoms with van der Waals surface area (Å²) in [6, 6.07) is 7.08. The Bertz CT molecular complexity index is 369. The molecule has 1 aromatic rings. The van der Waals surface area contributed by atoms with Gasteiger partial charge in [-0.25, -0.2) is 4.79 Å². The molecule has 0 atom stereocenters. The number of hydrogen-bond acceptors (Lipinski definition) is 3. The summed E-state index contributed by atoms with van der Waals surface area (Å²) in [5, 5.41) is 2.51. The Kier molecular flexibility index (Phi) is 3.77. The first kappa shape index (κ1) is 12.4. The van der Waals surface area contributed by atoms with Crippen molar-refractivity contribution >= 4 is 11.8 Å². The Balaban J connectivity index is 2.75. The van der Waals surface area contributed by atoms with Crippen molar-refractivity contribution in [3.05, 3.63) is 31.4 Å². The largest absolute Gasteiger partial charge is 0.488 e. The van der Waals surface area contributed by atoms with Gasteiger partial charge in [-0.3, -0.25) is 5.32 Å². The minimum Gasteiger partial charge on any atom is -0.488 e. The molecule has 16 heavy (non-hydrogen) atoms. The molecule has 0 saturated carbocycles. The van der Waals surface area contributed by atoms with Crippen LogP contribution in [-0.2, 0) is 4.74 Å². The van der Waals surface area contributed by atoms with E-state index < -0.39 is 6.09 Å². The molecule has 0 aliphatic heterocycles. The Labute approximate surface area is 95.6 Å². The molecular weight excluding hydrogens is 206 g/mol. The highest BCUT2D eigenvalue weighted by Crippen LogP contribution is 2.21. The standard InChI is InChI=1S/C12H16NO3/c1-12(2,3)16-10-7-5-6-9(8-10)13-11(14)15-4/h5-8H,4H2,1-3H3,(H,13,14). The van der Waals surface area contributed by atoms with Crippen LogP contribution >= 0.6 is 0 Å². The molecule has 0 unspecified atom stereocenters. The van der Waals surface area contributed by atoms with Gasteiger partial charge in [0.15, 0.2) is 0 Å². The highest BCUT2D eigenvalue weighted by molar-refractivity contribution is 5.84. The molecule has 0 saturated heterocycles. The number of nitrogens with one attached hydrogen (secondary N) is 1. The lowest BCUT2D eigenvalue weighted by Crippen LogP contribution is -2.23.